The molecule has 0 N–H and O–H groups in total. The van der Waals surface area contributed by atoms with E-state index in [1.54, 1.807) is 11.3 Å². The van der Waals surface area contributed by atoms with Gasteiger partial charge in [0.05, 0.1) is 6.04 Å². The summed E-state index contributed by atoms with van der Waals surface area (Å²) in [4.78, 5) is 16.0. The molecule has 0 saturated carbocycles. The summed E-state index contributed by atoms with van der Waals surface area (Å²) >= 11 is 7.77. The molecule has 0 saturated heterocycles. The maximum atomic E-state index is 12.6. The first-order valence-electron chi connectivity index (χ1n) is 7.17. The standard InChI is InChI=1S/C17H18ClNOS/c1-11(2)17(20)19-10-13-7-8-21-16(13)9-15(19)12-3-5-14(18)6-4-12/h3-8,11,15H,9-10H2,1-2H3. The van der Waals surface area contributed by atoms with Crippen LogP contribution >= 0.6 is 22.9 Å². The summed E-state index contributed by atoms with van der Waals surface area (Å²) in [5.74, 6) is 0.229. The Labute approximate surface area is 134 Å². The summed E-state index contributed by atoms with van der Waals surface area (Å²) in [5.41, 5.74) is 2.45. The molecule has 1 atom stereocenters. The number of carbonyl (C=O) groups excluding carboxylic acids is 1. The molecule has 21 heavy (non-hydrogen) atoms. The molecular formula is C17H18ClNOS. The van der Waals surface area contributed by atoms with E-state index in [1.165, 1.54) is 10.4 Å². The number of benzene rings is 1. The summed E-state index contributed by atoms with van der Waals surface area (Å²) in [6, 6.07) is 10.1. The first-order valence-corrected chi connectivity index (χ1v) is 8.43. The van der Waals surface area contributed by atoms with Crippen molar-refractivity contribution in [1.82, 2.24) is 4.90 Å². The van der Waals surface area contributed by atoms with Gasteiger partial charge in [-0.15, -0.1) is 11.3 Å². The van der Waals surface area contributed by atoms with Crippen LogP contribution in [-0.4, -0.2) is 10.8 Å². The van der Waals surface area contributed by atoms with E-state index in [2.05, 4.69) is 11.4 Å². The first-order chi connectivity index (χ1) is 10.1. The quantitative estimate of drug-likeness (QED) is 0.786. The fourth-order valence-electron chi connectivity index (χ4n) is 2.81. The first kappa shape index (κ1) is 14.6. The van der Waals surface area contributed by atoms with E-state index >= 15 is 0 Å². The molecule has 1 amide bonds. The number of hydrogen-bond acceptors (Lipinski definition) is 2. The highest BCUT2D eigenvalue weighted by Gasteiger charge is 2.32. The molecule has 4 heteroatoms. The van der Waals surface area contributed by atoms with Crippen LogP contribution < -0.4 is 0 Å². The number of amides is 1. The van der Waals surface area contributed by atoms with E-state index < -0.39 is 0 Å². The molecule has 0 spiro atoms. The number of nitrogens with zero attached hydrogens (tertiary/aromatic N) is 1. The zero-order valence-electron chi connectivity index (χ0n) is 12.2. The van der Waals surface area contributed by atoms with Crippen LogP contribution in [0, 0.1) is 5.92 Å². The minimum atomic E-state index is 0.0139. The van der Waals surface area contributed by atoms with Gasteiger partial charge in [-0.3, -0.25) is 4.79 Å². The van der Waals surface area contributed by atoms with Crippen LogP contribution in [0.4, 0.5) is 0 Å². The summed E-state index contributed by atoms with van der Waals surface area (Å²) in [6.45, 7) is 4.64. The fourth-order valence-corrected chi connectivity index (χ4v) is 3.87. The van der Waals surface area contributed by atoms with E-state index in [0.29, 0.717) is 6.54 Å². The summed E-state index contributed by atoms with van der Waals surface area (Å²) in [5, 5.41) is 2.85. The monoisotopic (exact) mass is 319 g/mol. The summed E-state index contributed by atoms with van der Waals surface area (Å²) in [6.07, 6.45) is 0.896. The number of halogens is 1. The minimum Gasteiger partial charge on any atom is -0.331 e. The Morgan fingerprint density at radius 2 is 2.00 bits per heavy atom. The van der Waals surface area contributed by atoms with Crippen molar-refractivity contribution < 1.29 is 4.79 Å². The Bertz CT molecular complexity index is 647. The minimum absolute atomic E-state index is 0.0139. The van der Waals surface area contributed by atoms with Gasteiger partial charge in [0.25, 0.3) is 0 Å². The van der Waals surface area contributed by atoms with Crippen molar-refractivity contribution in [3.63, 3.8) is 0 Å². The zero-order valence-corrected chi connectivity index (χ0v) is 13.7. The third kappa shape index (κ3) is 2.85. The van der Waals surface area contributed by atoms with Crippen molar-refractivity contribution in [2.24, 2.45) is 5.92 Å². The predicted octanol–water partition coefficient (Wildman–Crippen LogP) is 4.68. The summed E-state index contributed by atoms with van der Waals surface area (Å²) in [7, 11) is 0. The molecule has 0 radical (unpaired) electrons. The molecule has 2 aromatic rings. The van der Waals surface area contributed by atoms with Crippen LogP contribution in [0.5, 0.6) is 0 Å². The second kappa shape index (κ2) is 5.82. The van der Waals surface area contributed by atoms with Gasteiger partial charge in [-0.2, -0.15) is 0 Å². The number of carbonyl (C=O) groups is 1. The number of hydrogen-bond donors (Lipinski definition) is 0. The van der Waals surface area contributed by atoms with Crippen molar-refractivity contribution in [2.75, 3.05) is 0 Å². The Hall–Kier alpha value is -1.32. The molecule has 1 aliphatic heterocycles. The maximum Gasteiger partial charge on any atom is 0.225 e. The molecule has 1 aromatic heterocycles. The number of fused-ring (bicyclic) bond motifs is 1. The Morgan fingerprint density at radius 1 is 1.29 bits per heavy atom. The van der Waals surface area contributed by atoms with Gasteiger partial charge >= 0.3 is 0 Å². The molecule has 0 fully saturated rings. The molecule has 0 bridgehead atoms. The lowest BCUT2D eigenvalue weighted by Crippen LogP contribution is -2.40. The smallest absolute Gasteiger partial charge is 0.225 e. The Balaban J connectivity index is 1.98. The molecule has 1 aromatic carbocycles. The molecule has 2 heterocycles. The average Bonchev–Trinajstić information content (AvgIpc) is 2.93. The van der Waals surface area contributed by atoms with Gasteiger partial charge in [-0.1, -0.05) is 37.6 Å². The van der Waals surface area contributed by atoms with Crippen molar-refractivity contribution in [1.29, 1.82) is 0 Å². The van der Waals surface area contributed by atoms with Crippen LogP contribution in [0.15, 0.2) is 35.7 Å². The molecule has 2 nitrogen and oxygen atoms in total. The second-order valence-electron chi connectivity index (χ2n) is 5.76. The predicted molar refractivity (Wildman–Crippen MR) is 87.6 cm³/mol. The second-order valence-corrected chi connectivity index (χ2v) is 7.20. The van der Waals surface area contributed by atoms with Gasteiger partial charge in [0, 0.05) is 28.8 Å². The SMILES string of the molecule is CC(C)C(=O)N1Cc2ccsc2CC1c1ccc(Cl)cc1. The van der Waals surface area contributed by atoms with Crippen molar-refractivity contribution in [3.8, 4) is 0 Å². The summed E-state index contributed by atoms with van der Waals surface area (Å²) < 4.78 is 0. The topological polar surface area (TPSA) is 20.3 Å². The van der Waals surface area contributed by atoms with Gasteiger partial charge < -0.3 is 4.90 Å². The molecular weight excluding hydrogens is 302 g/mol. The van der Waals surface area contributed by atoms with E-state index in [9.17, 15) is 4.79 Å². The molecule has 110 valence electrons. The average molecular weight is 320 g/mol. The Kier molecular flexibility index (Phi) is 4.05. The lowest BCUT2D eigenvalue weighted by molar-refractivity contribution is -0.138. The van der Waals surface area contributed by atoms with Gasteiger partial charge in [-0.05, 0) is 34.7 Å². The van der Waals surface area contributed by atoms with Gasteiger partial charge in [-0.25, -0.2) is 0 Å². The van der Waals surface area contributed by atoms with Gasteiger partial charge in [0.1, 0.15) is 0 Å². The van der Waals surface area contributed by atoms with E-state index in [-0.39, 0.29) is 17.9 Å². The molecule has 0 aliphatic carbocycles. The Morgan fingerprint density at radius 3 is 2.67 bits per heavy atom. The molecule has 3 rings (SSSR count). The lowest BCUT2D eigenvalue weighted by atomic mass is 9.94. The zero-order chi connectivity index (χ0) is 15.0. The number of rotatable bonds is 2. The van der Waals surface area contributed by atoms with Gasteiger partial charge in [0.2, 0.25) is 5.91 Å². The molecule has 1 unspecified atom stereocenters. The van der Waals surface area contributed by atoms with Gasteiger partial charge in [0.15, 0.2) is 0 Å². The van der Waals surface area contributed by atoms with Crippen molar-refractivity contribution in [3.05, 3.63) is 56.7 Å². The highest BCUT2D eigenvalue weighted by atomic mass is 35.5. The largest absolute Gasteiger partial charge is 0.331 e. The van der Waals surface area contributed by atoms with Crippen molar-refractivity contribution >= 4 is 28.8 Å². The molecule has 1 aliphatic rings. The normalized spacial score (nSPS) is 17.9. The van der Waals surface area contributed by atoms with Crippen LogP contribution in [0.2, 0.25) is 5.02 Å². The van der Waals surface area contributed by atoms with E-state index in [4.69, 9.17) is 11.6 Å². The van der Waals surface area contributed by atoms with Crippen molar-refractivity contribution in [2.45, 2.75) is 32.9 Å². The van der Waals surface area contributed by atoms with Crippen LogP contribution in [0.25, 0.3) is 0 Å². The number of thiophene rings is 1. The third-order valence-corrected chi connectivity index (χ3v) is 5.20. The maximum absolute atomic E-state index is 12.6. The highest BCUT2D eigenvalue weighted by Crippen LogP contribution is 2.36. The highest BCUT2D eigenvalue weighted by molar-refractivity contribution is 7.10. The van der Waals surface area contributed by atoms with Crippen LogP contribution in [-0.2, 0) is 17.8 Å². The van der Waals surface area contributed by atoms with Crippen LogP contribution in [0.1, 0.15) is 35.9 Å². The third-order valence-electron chi connectivity index (χ3n) is 3.97. The fraction of sp³-hybridized carbons (Fsp3) is 0.353. The van der Waals surface area contributed by atoms with Crippen LogP contribution in [0.3, 0.4) is 0 Å². The van der Waals surface area contributed by atoms with E-state index in [0.717, 1.165) is 17.0 Å². The lowest BCUT2D eigenvalue weighted by Gasteiger charge is -2.37. The van der Waals surface area contributed by atoms with E-state index in [1.807, 2.05) is 43.0 Å².